The summed E-state index contributed by atoms with van der Waals surface area (Å²) < 4.78 is 0. The van der Waals surface area contributed by atoms with E-state index >= 15 is 0 Å². The molecule has 1 N–H and O–H groups in total. The molecule has 0 amide bonds. The fourth-order valence-corrected chi connectivity index (χ4v) is 2.19. The minimum Gasteiger partial charge on any atom is -0.387 e. The maximum absolute atomic E-state index is 10.2. The summed E-state index contributed by atoms with van der Waals surface area (Å²) in [6.07, 6.45) is -0.500. The molecule has 0 heterocycles. The molecule has 0 aliphatic carbocycles. The third-order valence-electron chi connectivity index (χ3n) is 3.18. The van der Waals surface area contributed by atoms with Crippen LogP contribution < -0.4 is 0 Å². The van der Waals surface area contributed by atoms with E-state index in [0.29, 0.717) is 18.7 Å². The molecule has 0 fully saturated rings. The Morgan fingerprint density at radius 2 is 1.90 bits per heavy atom. The maximum Gasteiger partial charge on any atom is 0.0991 e. The van der Waals surface area contributed by atoms with Crippen molar-refractivity contribution in [3.05, 3.63) is 71.3 Å². The zero-order valence-electron chi connectivity index (χ0n) is 11.5. The zero-order chi connectivity index (χ0) is 14.4. The fraction of sp³-hybridized carbons (Fsp3) is 0.235. The van der Waals surface area contributed by atoms with E-state index in [1.54, 1.807) is 6.07 Å². The van der Waals surface area contributed by atoms with E-state index in [0.717, 1.165) is 11.1 Å². The van der Waals surface area contributed by atoms with Crippen molar-refractivity contribution in [2.45, 2.75) is 12.6 Å². The molecule has 0 saturated heterocycles. The number of aliphatic hydroxyl groups excluding tert-OH is 1. The molecule has 0 radical (unpaired) electrons. The van der Waals surface area contributed by atoms with Gasteiger partial charge in [0.25, 0.3) is 0 Å². The lowest BCUT2D eigenvalue weighted by molar-refractivity contribution is 0.124. The quantitative estimate of drug-likeness (QED) is 0.905. The summed E-state index contributed by atoms with van der Waals surface area (Å²) in [7, 11) is 1.96. The van der Waals surface area contributed by atoms with Crippen LogP contribution in [0.25, 0.3) is 0 Å². The Morgan fingerprint density at radius 1 is 1.15 bits per heavy atom. The summed E-state index contributed by atoms with van der Waals surface area (Å²) in [6.45, 7) is 1.26. The van der Waals surface area contributed by atoms with Crippen molar-refractivity contribution in [3.8, 4) is 6.07 Å². The van der Waals surface area contributed by atoms with E-state index in [9.17, 15) is 5.11 Å². The van der Waals surface area contributed by atoms with Gasteiger partial charge >= 0.3 is 0 Å². The van der Waals surface area contributed by atoms with Crippen molar-refractivity contribution < 1.29 is 5.11 Å². The molecular weight excluding hydrogens is 248 g/mol. The second kappa shape index (κ2) is 6.85. The number of likely N-dealkylation sites (N-methyl/N-ethyl adjacent to an activating group) is 1. The van der Waals surface area contributed by atoms with Crippen LogP contribution in [0.2, 0.25) is 0 Å². The zero-order valence-corrected chi connectivity index (χ0v) is 11.5. The predicted molar refractivity (Wildman–Crippen MR) is 78.9 cm³/mol. The third-order valence-corrected chi connectivity index (χ3v) is 3.18. The van der Waals surface area contributed by atoms with Crippen LogP contribution in [0.15, 0.2) is 54.6 Å². The number of aliphatic hydroxyl groups is 1. The van der Waals surface area contributed by atoms with Crippen molar-refractivity contribution in [2.75, 3.05) is 13.6 Å². The van der Waals surface area contributed by atoms with Crippen molar-refractivity contribution in [2.24, 2.45) is 0 Å². The van der Waals surface area contributed by atoms with Crippen LogP contribution in [0.3, 0.4) is 0 Å². The first-order valence-electron chi connectivity index (χ1n) is 6.59. The standard InChI is InChI=1S/C17H18N2O/c1-19(12-15-7-5-6-14(10-15)11-18)13-17(20)16-8-3-2-4-9-16/h2-10,17,20H,12-13H2,1H3. The van der Waals surface area contributed by atoms with E-state index in [1.807, 2.05) is 60.5 Å². The van der Waals surface area contributed by atoms with Gasteiger partial charge in [-0.3, -0.25) is 4.90 Å². The number of hydrogen-bond acceptors (Lipinski definition) is 3. The molecule has 2 rings (SSSR count). The van der Waals surface area contributed by atoms with Gasteiger partial charge in [-0.05, 0) is 30.3 Å². The average Bonchev–Trinajstić information content (AvgIpc) is 2.48. The smallest absolute Gasteiger partial charge is 0.0991 e. The Balaban J connectivity index is 1.95. The molecule has 1 atom stereocenters. The highest BCUT2D eigenvalue weighted by atomic mass is 16.3. The van der Waals surface area contributed by atoms with Gasteiger partial charge in [0.05, 0.1) is 17.7 Å². The lowest BCUT2D eigenvalue weighted by Gasteiger charge is -2.21. The first-order chi connectivity index (χ1) is 9.69. The highest BCUT2D eigenvalue weighted by molar-refractivity contribution is 5.32. The summed E-state index contributed by atoms with van der Waals surface area (Å²) >= 11 is 0. The number of hydrogen-bond donors (Lipinski definition) is 1. The van der Waals surface area contributed by atoms with Crippen LogP contribution in [0.5, 0.6) is 0 Å². The maximum atomic E-state index is 10.2. The summed E-state index contributed by atoms with van der Waals surface area (Å²) in [5.74, 6) is 0. The predicted octanol–water partition coefficient (Wildman–Crippen LogP) is 2.72. The Bertz CT molecular complexity index is 589. The van der Waals surface area contributed by atoms with Crippen LogP contribution in [0.4, 0.5) is 0 Å². The number of nitriles is 1. The molecule has 0 spiro atoms. The summed E-state index contributed by atoms with van der Waals surface area (Å²) in [5, 5.41) is 19.1. The van der Waals surface area contributed by atoms with E-state index in [4.69, 9.17) is 5.26 Å². The van der Waals surface area contributed by atoms with Gasteiger partial charge in [-0.1, -0.05) is 42.5 Å². The summed E-state index contributed by atoms with van der Waals surface area (Å²) in [5.41, 5.74) is 2.66. The molecule has 3 nitrogen and oxygen atoms in total. The molecular formula is C17H18N2O. The van der Waals surface area contributed by atoms with Gasteiger partial charge in [-0.15, -0.1) is 0 Å². The highest BCUT2D eigenvalue weighted by Crippen LogP contribution is 2.14. The normalized spacial score (nSPS) is 12.1. The largest absolute Gasteiger partial charge is 0.387 e. The number of nitrogens with zero attached hydrogens (tertiary/aromatic N) is 2. The van der Waals surface area contributed by atoms with Crippen LogP contribution in [0, 0.1) is 11.3 Å². The first kappa shape index (κ1) is 14.3. The molecule has 0 aromatic heterocycles. The van der Waals surface area contributed by atoms with E-state index in [1.165, 1.54) is 0 Å². The Kier molecular flexibility index (Phi) is 4.89. The topological polar surface area (TPSA) is 47.3 Å². The first-order valence-corrected chi connectivity index (χ1v) is 6.59. The second-order valence-corrected chi connectivity index (χ2v) is 4.94. The van der Waals surface area contributed by atoms with Crippen LogP contribution in [0.1, 0.15) is 22.8 Å². The summed E-state index contributed by atoms with van der Waals surface area (Å²) in [6, 6.07) is 19.3. The monoisotopic (exact) mass is 266 g/mol. The van der Waals surface area contributed by atoms with Crippen molar-refractivity contribution in [1.29, 1.82) is 5.26 Å². The van der Waals surface area contributed by atoms with Gasteiger partial charge in [-0.2, -0.15) is 5.26 Å². The van der Waals surface area contributed by atoms with Gasteiger partial charge in [0.15, 0.2) is 0 Å². The number of benzene rings is 2. The van der Waals surface area contributed by atoms with Crippen LogP contribution >= 0.6 is 0 Å². The summed E-state index contributed by atoms with van der Waals surface area (Å²) in [4.78, 5) is 2.05. The second-order valence-electron chi connectivity index (χ2n) is 4.94. The van der Waals surface area contributed by atoms with Gasteiger partial charge in [0.2, 0.25) is 0 Å². The molecule has 0 bridgehead atoms. The Hall–Kier alpha value is -2.15. The Labute approximate surface area is 119 Å². The SMILES string of the molecule is CN(Cc1cccc(C#N)c1)CC(O)c1ccccc1. The van der Waals surface area contributed by atoms with Crippen LogP contribution in [-0.4, -0.2) is 23.6 Å². The minimum atomic E-state index is -0.500. The average molecular weight is 266 g/mol. The Morgan fingerprint density at radius 3 is 2.60 bits per heavy atom. The van der Waals surface area contributed by atoms with Crippen LogP contribution in [-0.2, 0) is 6.54 Å². The van der Waals surface area contributed by atoms with E-state index < -0.39 is 6.10 Å². The van der Waals surface area contributed by atoms with Gasteiger partial charge < -0.3 is 5.11 Å². The minimum absolute atomic E-state index is 0.500. The molecule has 0 aliphatic rings. The van der Waals surface area contributed by atoms with Gasteiger partial charge in [0.1, 0.15) is 0 Å². The molecule has 2 aromatic rings. The molecule has 2 aromatic carbocycles. The molecule has 1 unspecified atom stereocenters. The van der Waals surface area contributed by atoms with E-state index in [2.05, 4.69) is 6.07 Å². The van der Waals surface area contributed by atoms with Crippen molar-refractivity contribution in [3.63, 3.8) is 0 Å². The molecule has 20 heavy (non-hydrogen) atoms. The number of rotatable bonds is 5. The molecule has 3 heteroatoms. The van der Waals surface area contributed by atoms with E-state index in [-0.39, 0.29) is 0 Å². The molecule has 0 aliphatic heterocycles. The lowest BCUT2D eigenvalue weighted by atomic mass is 10.1. The highest BCUT2D eigenvalue weighted by Gasteiger charge is 2.10. The third kappa shape index (κ3) is 3.92. The fourth-order valence-electron chi connectivity index (χ4n) is 2.19. The van der Waals surface area contributed by atoms with Crippen molar-refractivity contribution in [1.82, 2.24) is 4.90 Å². The van der Waals surface area contributed by atoms with Gasteiger partial charge in [0, 0.05) is 13.1 Å². The van der Waals surface area contributed by atoms with Crippen molar-refractivity contribution >= 4 is 0 Å². The molecule has 0 saturated carbocycles. The lowest BCUT2D eigenvalue weighted by Crippen LogP contribution is -2.24. The molecule has 102 valence electrons. The van der Waals surface area contributed by atoms with Gasteiger partial charge in [-0.25, -0.2) is 0 Å².